The number of rotatable bonds is 6. The van der Waals surface area contributed by atoms with E-state index in [1.165, 1.54) is 24.3 Å². The molecular formula is C22H22FN3O3S. The number of thioether (sulfide) groups is 1. The van der Waals surface area contributed by atoms with Crippen LogP contribution in [0.3, 0.4) is 0 Å². The molecule has 6 nitrogen and oxygen atoms in total. The van der Waals surface area contributed by atoms with E-state index in [0.717, 1.165) is 12.0 Å². The summed E-state index contributed by atoms with van der Waals surface area (Å²) in [5, 5.41) is 5.52. The SMILES string of the molecule is O=C(NC1CC2SCC(C(=O)NCCc3ccccc3)N2C1=O)c1ccc(F)cc1. The highest BCUT2D eigenvalue weighted by Gasteiger charge is 2.50. The summed E-state index contributed by atoms with van der Waals surface area (Å²) in [7, 11) is 0. The number of fused-ring (bicyclic) bond motifs is 1. The van der Waals surface area contributed by atoms with Gasteiger partial charge in [0.15, 0.2) is 0 Å². The fourth-order valence-electron chi connectivity index (χ4n) is 3.78. The van der Waals surface area contributed by atoms with Crippen LogP contribution in [0.2, 0.25) is 0 Å². The number of hydrogen-bond donors (Lipinski definition) is 2. The summed E-state index contributed by atoms with van der Waals surface area (Å²) in [5.41, 5.74) is 1.43. The minimum absolute atomic E-state index is 0.124. The average Bonchev–Trinajstić information content (AvgIpc) is 3.29. The fraction of sp³-hybridized carbons (Fsp3) is 0.318. The molecule has 3 amide bonds. The molecule has 2 heterocycles. The van der Waals surface area contributed by atoms with Gasteiger partial charge in [-0.05, 0) is 36.2 Å². The van der Waals surface area contributed by atoms with Crippen LogP contribution in [-0.2, 0) is 16.0 Å². The van der Waals surface area contributed by atoms with Gasteiger partial charge in [-0.3, -0.25) is 14.4 Å². The molecule has 2 fully saturated rings. The Labute approximate surface area is 178 Å². The third kappa shape index (κ3) is 4.33. The molecule has 2 aromatic carbocycles. The van der Waals surface area contributed by atoms with Gasteiger partial charge in [0.05, 0.1) is 5.37 Å². The number of carbonyl (C=O) groups is 3. The molecule has 0 saturated carbocycles. The molecule has 2 aliphatic rings. The Hall–Kier alpha value is -2.87. The number of halogens is 1. The minimum Gasteiger partial charge on any atom is -0.354 e. The maximum absolute atomic E-state index is 13.0. The first-order valence-corrected chi connectivity index (χ1v) is 10.9. The zero-order chi connectivity index (χ0) is 21.1. The topological polar surface area (TPSA) is 78.5 Å². The molecule has 30 heavy (non-hydrogen) atoms. The predicted octanol–water partition coefficient (Wildman–Crippen LogP) is 1.96. The van der Waals surface area contributed by atoms with Gasteiger partial charge in [-0.25, -0.2) is 4.39 Å². The molecule has 8 heteroatoms. The summed E-state index contributed by atoms with van der Waals surface area (Å²) in [6, 6.07) is 13.8. The first kappa shape index (κ1) is 20.4. The number of hydrogen-bond acceptors (Lipinski definition) is 4. The van der Waals surface area contributed by atoms with Crippen molar-refractivity contribution < 1.29 is 18.8 Å². The Morgan fingerprint density at radius 1 is 1.10 bits per heavy atom. The second-order valence-electron chi connectivity index (χ2n) is 7.34. The van der Waals surface area contributed by atoms with Crippen LogP contribution in [0.5, 0.6) is 0 Å². The maximum Gasteiger partial charge on any atom is 0.251 e. The zero-order valence-electron chi connectivity index (χ0n) is 16.2. The molecule has 4 rings (SSSR count). The summed E-state index contributed by atoms with van der Waals surface area (Å²) in [6.45, 7) is 0.501. The van der Waals surface area contributed by atoms with E-state index in [-0.39, 0.29) is 17.2 Å². The van der Waals surface area contributed by atoms with Gasteiger partial charge < -0.3 is 15.5 Å². The van der Waals surface area contributed by atoms with E-state index < -0.39 is 23.8 Å². The van der Waals surface area contributed by atoms with Crippen LogP contribution in [0.4, 0.5) is 4.39 Å². The molecule has 3 unspecified atom stereocenters. The summed E-state index contributed by atoms with van der Waals surface area (Å²) >= 11 is 1.55. The summed E-state index contributed by atoms with van der Waals surface area (Å²) in [6.07, 6.45) is 1.17. The number of carbonyl (C=O) groups excluding carboxylic acids is 3. The summed E-state index contributed by atoms with van der Waals surface area (Å²) in [5.74, 6) is -0.722. The van der Waals surface area contributed by atoms with Crippen LogP contribution in [0.15, 0.2) is 54.6 Å². The molecular weight excluding hydrogens is 405 g/mol. The second-order valence-corrected chi connectivity index (χ2v) is 8.56. The van der Waals surface area contributed by atoms with E-state index in [4.69, 9.17) is 0 Å². The number of benzene rings is 2. The third-order valence-corrected chi connectivity index (χ3v) is 6.67. The lowest BCUT2D eigenvalue weighted by molar-refractivity contribution is -0.137. The molecule has 156 valence electrons. The van der Waals surface area contributed by atoms with Gasteiger partial charge in [0.25, 0.3) is 5.91 Å². The Bertz CT molecular complexity index is 938. The third-order valence-electron chi connectivity index (χ3n) is 5.35. The largest absolute Gasteiger partial charge is 0.354 e. The Morgan fingerprint density at radius 2 is 1.83 bits per heavy atom. The quantitative estimate of drug-likeness (QED) is 0.739. The van der Waals surface area contributed by atoms with Crippen LogP contribution in [0, 0.1) is 5.82 Å². The minimum atomic E-state index is -0.681. The van der Waals surface area contributed by atoms with E-state index in [1.54, 1.807) is 16.7 Å². The lowest BCUT2D eigenvalue weighted by Gasteiger charge is -2.23. The van der Waals surface area contributed by atoms with Crippen LogP contribution < -0.4 is 10.6 Å². The van der Waals surface area contributed by atoms with Gasteiger partial charge in [0.2, 0.25) is 11.8 Å². The van der Waals surface area contributed by atoms with Crippen molar-refractivity contribution in [2.24, 2.45) is 0 Å². The van der Waals surface area contributed by atoms with Crippen LogP contribution >= 0.6 is 11.8 Å². The van der Waals surface area contributed by atoms with Gasteiger partial charge in [0.1, 0.15) is 17.9 Å². The first-order valence-electron chi connectivity index (χ1n) is 9.85. The van der Waals surface area contributed by atoms with Crippen LogP contribution in [0.1, 0.15) is 22.3 Å². The van der Waals surface area contributed by atoms with Crippen molar-refractivity contribution in [3.05, 3.63) is 71.5 Å². The van der Waals surface area contributed by atoms with Gasteiger partial charge in [0, 0.05) is 24.3 Å². The molecule has 0 aromatic heterocycles. The highest BCUT2D eigenvalue weighted by Crippen LogP contribution is 2.37. The molecule has 0 bridgehead atoms. The summed E-state index contributed by atoms with van der Waals surface area (Å²) < 4.78 is 13.0. The van der Waals surface area contributed by atoms with Crippen molar-refractivity contribution in [2.45, 2.75) is 30.3 Å². The van der Waals surface area contributed by atoms with Gasteiger partial charge in [-0.1, -0.05) is 30.3 Å². The van der Waals surface area contributed by atoms with Gasteiger partial charge in [-0.15, -0.1) is 11.8 Å². The normalized spacial score (nSPS) is 22.6. The first-order chi connectivity index (χ1) is 14.5. The maximum atomic E-state index is 13.0. The lowest BCUT2D eigenvalue weighted by Crippen LogP contribution is -2.50. The molecule has 3 atom stereocenters. The van der Waals surface area contributed by atoms with E-state index >= 15 is 0 Å². The highest BCUT2D eigenvalue weighted by molar-refractivity contribution is 8.00. The smallest absolute Gasteiger partial charge is 0.251 e. The van der Waals surface area contributed by atoms with Crippen LogP contribution in [-0.4, -0.2) is 52.4 Å². The monoisotopic (exact) mass is 427 g/mol. The number of nitrogens with zero attached hydrogens (tertiary/aromatic N) is 1. The van der Waals surface area contributed by atoms with Gasteiger partial charge in [-0.2, -0.15) is 0 Å². The highest BCUT2D eigenvalue weighted by atomic mass is 32.2. The van der Waals surface area contributed by atoms with Crippen molar-refractivity contribution >= 4 is 29.5 Å². The van der Waals surface area contributed by atoms with Crippen molar-refractivity contribution in [3.8, 4) is 0 Å². The lowest BCUT2D eigenvalue weighted by atomic mass is 10.1. The second kappa shape index (κ2) is 8.87. The standard InChI is InChI=1S/C22H22FN3O3S/c23-16-8-6-15(7-9-16)20(27)25-17-12-19-26(22(17)29)18(13-30-19)21(28)24-11-10-14-4-2-1-3-5-14/h1-9,17-19H,10-13H2,(H,24,28)(H,25,27). The zero-order valence-corrected chi connectivity index (χ0v) is 17.0. The van der Waals surface area contributed by atoms with Crippen molar-refractivity contribution in [3.63, 3.8) is 0 Å². The Balaban J connectivity index is 1.33. The molecule has 2 saturated heterocycles. The Kier molecular flexibility index (Phi) is 6.03. The number of amides is 3. The summed E-state index contributed by atoms with van der Waals surface area (Å²) in [4.78, 5) is 39.5. The van der Waals surface area contributed by atoms with E-state index in [9.17, 15) is 18.8 Å². The van der Waals surface area contributed by atoms with E-state index in [2.05, 4.69) is 10.6 Å². The van der Waals surface area contributed by atoms with Gasteiger partial charge >= 0.3 is 0 Å². The molecule has 0 radical (unpaired) electrons. The molecule has 0 spiro atoms. The van der Waals surface area contributed by atoms with Crippen molar-refractivity contribution in [1.29, 1.82) is 0 Å². The Morgan fingerprint density at radius 3 is 2.57 bits per heavy atom. The van der Waals surface area contributed by atoms with E-state index in [1.807, 2.05) is 30.3 Å². The van der Waals surface area contributed by atoms with Crippen LogP contribution in [0.25, 0.3) is 0 Å². The van der Waals surface area contributed by atoms with E-state index in [0.29, 0.717) is 24.3 Å². The predicted molar refractivity (Wildman–Crippen MR) is 112 cm³/mol. The molecule has 0 aliphatic carbocycles. The average molecular weight is 428 g/mol. The molecule has 2 aromatic rings. The molecule has 2 aliphatic heterocycles. The molecule has 2 N–H and O–H groups in total. The fourth-order valence-corrected chi connectivity index (χ4v) is 5.24. The van der Waals surface area contributed by atoms with Crippen molar-refractivity contribution in [2.75, 3.05) is 12.3 Å². The van der Waals surface area contributed by atoms with Crippen molar-refractivity contribution in [1.82, 2.24) is 15.5 Å². The number of nitrogens with one attached hydrogen (secondary N) is 2.